The van der Waals surface area contributed by atoms with E-state index in [1.807, 2.05) is 18.2 Å². The summed E-state index contributed by atoms with van der Waals surface area (Å²) in [6, 6.07) is 5.74. The van der Waals surface area contributed by atoms with E-state index in [1.54, 1.807) is 0 Å². The Morgan fingerprint density at radius 1 is 1.10 bits per heavy atom. The number of phenols is 1. The molecule has 3 aromatic rings. The van der Waals surface area contributed by atoms with Crippen LogP contribution in [0.4, 0.5) is 5.95 Å². The van der Waals surface area contributed by atoms with Gasteiger partial charge in [0, 0.05) is 35.6 Å². The summed E-state index contributed by atoms with van der Waals surface area (Å²) >= 11 is 0. The molecule has 9 heteroatoms. The van der Waals surface area contributed by atoms with Crippen LogP contribution >= 0.6 is 0 Å². The number of aryl methyl sites for hydroxylation is 1. The van der Waals surface area contributed by atoms with Gasteiger partial charge in [0.2, 0.25) is 11.9 Å². The number of hydrogen-bond donors (Lipinski definition) is 3. The highest BCUT2D eigenvalue weighted by Crippen LogP contribution is 2.41. The average molecular weight is 412 g/mol. The lowest BCUT2D eigenvalue weighted by molar-refractivity contribution is -0.116. The molecule has 30 heavy (non-hydrogen) atoms. The topological polar surface area (TPSA) is 130 Å². The van der Waals surface area contributed by atoms with Gasteiger partial charge in [-0.2, -0.15) is 0 Å². The molecule has 0 aliphatic rings. The number of carbonyl (C=O) groups excluding carboxylic acids is 1. The highest BCUT2D eigenvalue weighted by atomic mass is 16.5. The maximum Gasteiger partial charge on any atom is 0.246 e. The van der Waals surface area contributed by atoms with Crippen LogP contribution in [0.3, 0.4) is 0 Å². The second-order valence-electron chi connectivity index (χ2n) is 9.40. The standard InChI is InChI=1S/C21H28N6O3/c1-20(2,3)14-9-12(10-15(18(14)29)21(4,5)6)16-11-13(30-25-16)7-8-17(28)22-19-23-26-27-24-19/h9-11,29H,7-8H2,1-6H3,(H2,22,23,24,26,27,28). The molecular formula is C21H28N6O3. The predicted octanol–water partition coefficient (Wildman–Crippen LogP) is 3.73. The fourth-order valence-corrected chi connectivity index (χ4v) is 3.14. The molecular weight excluding hydrogens is 384 g/mol. The molecule has 9 nitrogen and oxygen atoms in total. The van der Waals surface area contributed by atoms with Crippen LogP contribution in [0.15, 0.2) is 22.7 Å². The molecule has 0 fully saturated rings. The Hall–Kier alpha value is -3.23. The van der Waals surface area contributed by atoms with Crippen LogP contribution in [-0.2, 0) is 22.0 Å². The summed E-state index contributed by atoms with van der Waals surface area (Å²) in [5, 5.41) is 30.5. The van der Waals surface area contributed by atoms with E-state index < -0.39 is 0 Å². The fraction of sp³-hybridized carbons (Fsp3) is 0.476. The molecule has 0 atom stereocenters. The van der Waals surface area contributed by atoms with E-state index in [0.717, 1.165) is 16.7 Å². The average Bonchev–Trinajstić information content (AvgIpc) is 3.30. The first-order valence-corrected chi connectivity index (χ1v) is 9.82. The molecule has 0 aliphatic heterocycles. The first kappa shape index (κ1) is 21.5. The van der Waals surface area contributed by atoms with E-state index in [1.165, 1.54) is 0 Å². The Balaban J connectivity index is 1.83. The van der Waals surface area contributed by atoms with Crippen LogP contribution in [0, 0.1) is 0 Å². The van der Waals surface area contributed by atoms with Gasteiger partial charge in [-0.3, -0.25) is 10.1 Å². The van der Waals surface area contributed by atoms with Gasteiger partial charge in [-0.25, -0.2) is 5.10 Å². The van der Waals surface area contributed by atoms with Crippen molar-refractivity contribution in [1.82, 2.24) is 25.8 Å². The van der Waals surface area contributed by atoms with Crippen LogP contribution in [0.5, 0.6) is 5.75 Å². The molecule has 0 unspecified atom stereocenters. The summed E-state index contributed by atoms with van der Waals surface area (Å²) in [4.78, 5) is 12.0. The zero-order valence-electron chi connectivity index (χ0n) is 18.2. The first-order valence-electron chi connectivity index (χ1n) is 9.82. The highest BCUT2D eigenvalue weighted by Gasteiger charge is 2.27. The minimum atomic E-state index is -0.236. The predicted molar refractivity (Wildman–Crippen MR) is 112 cm³/mol. The van der Waals surface area contributed by atoms with E-state index in [9.17, 15) is 9.90 Å². The van der Waals surface area contributed by atoms with Crippen LogP contribution < -0.4 is 5.32 Å². The molecule has 0 saturated carbocycles. The van der Waals surface area contributed by atoms with Crippen molar-refractivity contribution >= 4 is 11.9 Å². The monoisotopic (exact) mass is 412 g/mol. The maximum absolute atomic E-state index is 12.0. The number of aromatic hydroxyl groups is 1. The first-order chi connectivity index (χ1) is 13.9. The van der Waals surface area contributed by atoms with Crippen LogP contribution in [0.25, 0.3) is 11.3 Å². The Labute approximate surface area is 175 Å². The number of nitrogens with zero attached hydrogens (tertiary/aromatic N) is 4. The maximum atomic E-state index is 12.0. The van der Waals surface area contributed by atoms with Gasteiger partial charge in [-0.05, 0) is 33.4 Å². The van der Waals surface area contributed by atoms with E-state index >= 15 is 0 Å². The highest BCUT2D eigenvalue weighted by molar-refractivity contribution is 5.88. The van der Waals surface area contributed by atoms with Crippen molar-refractivity contribution in [3.05, 3.63) is 35.1 Å². The molecule has 0 spiro atoms. The molecule has 160 valence electrons. The van der Waals surface area contributed by atoms with Crippen molar-refractivity contribution in [1.29, 1.82) is 0 Å². The quantitative estimate of drug-likeness (QED) is 0.582. The van der Waals surface area contributed by atoms with Gasteiger partial charge in [-0.15, -0.1) is 0 Å². The number of rotatable bonds is 5. The summed E-state index contributed by atoms with van der Waals surface area (Å²) in [5.41, 5.74) is 2.78. The second kappa shape index (κ2) is 7.89. The minimum Gasteiger partial charge on any atom is -0.507 e. The molecule has 2 heterocycles. The fourth-order valence-electron chi connectivity index (χ4n) is 3.14. The van der Waals surface area contributed by atoms with Gasteiger partial charge < -0.3 is 9.63 Å². The number of carbonyl (C=O) groups is 1. The largest absolute Gasteiger partial charge is 0.507 e. The van der Waals surface area contributed by atoms with Gasteiger partial charge in [0.15, 0.2) is 0 Å². The van der Waals surface area contributed by atoms with Crippen molar-refractivity contribution in [3.8, 4) is 17.0 Å². The summed E-state index contributed by atoms with van der Waals surface area (Å²) < 4.78 is 5.45. The van der Waals surface area contributed by atoms with Gasteiger partial charge in [0.05, 0.1) is 0 Å². The number of H-pyrrole nitrogens is 1. The lowest BCUT2D eigenvalue weighted by Crippen LogP contribution is -2.17. The number of nitrogens with one attached hydrogen (secondary N) is 2. The summed E-state index contributed by atoms with van der Waals surface area (Å²) in [6.45, 7) is 12.4. The van der Waals surface area contributed by atoms with Gasteiger partial charge in [0.1, 0.15) is 17.2 Å². The number of aromatic nitrogens is 5. The number of phenolic OH excluding ortho intramolecular Hbond substituents is 1. The number of anilines is 1. The third kappa shape index (κ3) is 4.84. The zero-order chi connectivity index (χ0) is 22.1. The molecule has 0 bridgehead atoms. The van der Waals surface area contributed by atoms with Crippen LogP contribution in [0.2, 0.25) is 0 Å². The molecule has 0 radical (unpaired) electrons. The summed E-state index contributed by atoms with van der Waals surface area (Å²) in [7, 11) is 0. The normalized spacial score (nSPS) is 12.2. The Morgan fingerprint density at radius 3 is 2.27 bits per heavy atom. The van der Waals surface area contributed by atoms with Gasteiger partial charge in [0.25, 0.3) is 0 Å². The van der Waals surface area contributed by atoms with Crippen molar-refractivity contribution in [2.45, 2.75) is 65.2 Å². The van der Waals surface area contributed by atoms with E-state index in [4.69, 9.17) is 4.52 Å². The van der Waals surface area contributed by atoms with Crippen molar-refractivity contribution < 1.29 is 14.4 Å². The molecule has 1 amide bonds. The van der Waals surface area contributed by atoms with E-state index in [0.29, 0.717) is 23.6 Å². The molecule has 0 saturated heterocycles. The second-order valence-corrected chi connectivity index (χ2v) is 9.40. The Bertz CT molecular complexity index is 991. The summed E-state index contributed by atoms with van der Waals surface area (Å²) in [6.07, 6.45) is 0.585. The van der Waals surface area contributed by atoms with Crippen LogP contribution in [-0.4, -0.2) is 36.8 Å². The van der Waals surface area contributed by atoms with Crippen LogP contribution in [0.1, 0.15) is 64.9 Å². The smallest absolute Gasteiger partial charge is 0.246 e. The minimum absolute atomic E-state index is 0.200. The number of amides is 1. The van der Waals surface area contributed by atoms with Crippen molar-refractivity contribution in [3.63, 3.8) is 0 Å². The third-order valence-corrected chi connectivity index (χ3v) is 4.78. The molecule has 1 aromatic carbocycles. The Kier molecular flexibility index (Phi) is 5.65. The Morgan fingerprint density at radius 2 is 1.73 bits per heavy atom. The van der Waals surface area contributed by atoms with Crippen molar-refractivity contribution in [2.24, 2.45) is 0 Å². The number of aromatic amines is 1. The molecule has 0 aliphatic carbocycles. The van der Waals surface area contributed by atoms with Gasteiger partial charge in [-0.1, -0.05) is 51.8 Å². The lowest BCUT2D eigenvalue weighted by Gasteiger charge is -2.28. The van der Waals surface area contributed by atoms with Gasteiger partial charge >= 0.3 is 0 Å². The number of benzene rings is 1. The zero-order valence-corrected chi connectivity index (χ0v) is 18.2. The number of tetrazole rings is 1. The van der Waals surface area contributed by atoms with E-state index in [-0.39, 0.29) is 29.1 Å². The third-order valence-electron chi connectivity index (χ3n) is 4.78. The molecule has 3 rings (SSSR count). The lowest BCUT2D eigenvalue weighted by atomic mass is 9.78. The van der Waals surface area contributed by atoms with Crippen molar-refractivity contribution in [2.75, 3.05) is 5.32 Å². The van der Waals surface area contributed by atoms with E-state index in [2.05, 4.69) is 72.6 Å². The molecule has 3 N–H and O–H groups in total. The SMILES string of the molecule is CC(C)(C)c1cc(-c2cc(CCC(=O)Nc3nnn[nH]3)on2)cc(C(C)(C)C)c1O. The molecule has 2 aromatic heterocycles. The summed E-state index contributed by atoms with van der Waals surface area (Å²) in [5.74, 6) is 0.882. The number of hydrogen-bond acceptors (Lipinski definition) is 7.